The van der Waals surface area contributed by atoms with Gasteiger partial charge in [0.15, 0.2) is 0 Å². The SMILES string of the molecule is CCCC(C)(C)C(=O)N1CCC[C@H]1C(=O)N[C@H](Cc1ccc2ccccc2c1)C(=O)NCC(O)CNC[C@@H](C)O. The van der Waals surface area contributed by atoms with Crippen LogP contribution < -0.4 is 16.0 Å². The maximum Gasteiger partial charge on any atom is 0.243 e. The first-order valence-corrected chi connectivity index (χ1v) is 14.5. The Morgan fingerprint density at radius 1 is 1.05 bits per heavy atom. The molecular formula is C31H46N4O5. The molecule has 2 aromatic carbocycles. The summed E-state index contributed by atoms with van der Waals surface area (Å²) in [7, 11) is 0. The Balaban J connectivity index is 1.73. The van der Waals surface area contributed by atoms with Gasteiger partial charge in [0.2, 0.25) is 17.7 Å². The van der Waals surface area contributed by atoms with Crippen LogP contribution in [0.15, 0.2) is 42.5 Å². The second-order valence-electron chi connectivity index (χ2n) is 11.6. The number of hydrogen-bond acceptors (Lipinski definition) is 6. The summed E-state index contributed by atoms with van der Waals surface area (Å²) in [5, 5.41) is 30.4. The number of likely N-dealkylation sites (tertiary alicyclic amines) is 1. The van der Waals surface area contributed by atoms with E-state index in [1.165, 1.54) is 0 Å². The van der Waals surface area contributed by atoms with E-state index in [1.807, 2.05) is 63.2 Å². The number of hydrogen-bond donors (Lipinski definition) is 5. The first kappa shape index (κ1) is 31.5. The Labute approximate surface area is 237 Å². The molecule has 0 saturated carbocycles. The number of nitrogens with zero attached hydrogens (tertiary/aromatic N) is 1. The number of aliphatic hydroxyl groups is 2. The van der Waals surface area contributed by atoms with Crippen molar-refractivity contribution in [3.8, 4) is 0 Å². The van der Waals surface area contributed by atoms with Crippen molar-refractivity contribution < 1.29 is 24.6 Å². The number of amides is 3. The molecule has 220 valence electrons. The van der Waals surface area contributed by atoms with Crippen LogP contribution in [0.4, 0.5) is 0 Å². The number of nitrogens with one attached hydrogen (secondary N) is 3. The number of benzene rings is 2. The number of aliphatic hydroxyl groups excluding tert-OH is 2. The lowest BCUT2D eigenvalue weighted by Gasteiger charge is -2.33. The van der Waals surface area contributed by atoms with Crippen LogP contribution in [0, 0.1) is 5.41 Å². The summed E-state index contributed by atoms with van der Waals surface area (Å²) in [4.78, 5) is 41.9. The summed E-state index contributed by atoms with van der Waals surface area (Å²) in [6, 6.07) is 12.4. The number of fused-ring (bicyclic) bond motifs is 1. The van der Waals surface area contributed by atoms with E-state index < -0.39 is 35.6 Å². The molecule has 2 aromatic rings. The van der Waals surface area contributed by atoms with Gasteiger partial charge >= 0.3 is 0 Å². The number of carbonyl (C=O) groups excluding carboxylic acids is 3. The Morgan fingerprint density at radius 2 is 1.77 bits per heavy atom. The molecule has 9 heteroatoms. The Morgan fingerprint density at radius 3 is 2.48 bits per heavy atom. The van der Waals surface area contributed by atoms with Crippen LogP contribution in [0.3, 0.4) is 0 Å². The number of carbonyl (C=O) groups is 3. The fourth-order valence-electron chi connectivity index (χ4n) is 5.35. The summed E-state index contributed by atoms with van der Waals surface area (Å²) >= 11 is 0. The molecule has 9 nitrogen and oxygen atoms in total. The summed E-state index contributed by atoms with van der Waals surface area (Å²) < 4.78 is 0. The van der Waals surface area contributed by atoms with Gasteiger partial charge in [0.05, 0.1) is 12.2 Å². The van der Waals surface area contributed by atoms with Crippen molar-refractivity contribution in [2.75, 3.05) is 26.2 Å². The first-order chi connectivity index (χ1) is 19.0. The van der Waals surface area contributed by atoms with Gasteiger partial charge < -0.3 is 31.1 Å². The van der Waals surface area contributed by atoms with Crippen molar-refractivity contribution in [3.05, 3.63) is 48.0 Å². The van der Waals surface area contributed by atoms with Crippen LogP contribution in [0.5, 0.6) is 0 Å². The molecule has 1 aliphatic heterocycles. The van der Waals surface area contributed by atoms with Crippen molar-refractivity contribution in [1.29, 1.82) is 0 Å². The average Bonchev–Trinajstić information content (AvgIpc) is 3.40. The highest BCUT2D eigenvalue weighted by Gasteiger charge is 2.41. The fraction of sp³-hybridized carbons (Fsp3) is 0.581. The highest BCUT2D eigenvalue weighted by molar-refractivity contribution is 5.93. The van der Waals surface area contributed by atoms with Gasteiger partial charge in [0.25, 0.3) is 0 Å². The van der Waals surface area contributed by atoms with Crippen molar-refractivity contribution in [2.45, 2.75) is 84.1 Å². The van der Waals surface area contributed by atoms with E-state index in [2.05, 4.69) is 16.0 Å². The smallest absolute Gasteiger partial charge is 0.243 e. The molecule has 0 aliphatic carbocycles. The maximum absolute atomic E-state index is 13.5. The Bertz CT molecular complexity index is 1150. The lowest BCUT2D eigenvalue weighted by atomic mass is 9.86. The van der Waals surface area contributed by atoms with Crippen LogP contribution >= 0.6 is 0 Å². The first-order valence-electron chi connectivity index (χ1n) is 14.5. The zero-order valence-corrected chi connectivity index (χ0v) is 24.3. The highest BCUT2D eigenvalue weighted by Crippen LogP contribution is 2.30. The molecule has 0 radical (unpaired) electrons. The van der Waals surface area contributed by atoms with Gasteiger partial charge in [-0.3, -0.25) is 14.4 Å². The molecule has 1 heterocycles. The molecular weight excluding hydrogens is 508 g/mol. The van der Waals surface area contributed by atoms with Gasteiger partial charge in [-0.15, -0.1) is 0 Å². The third-order valence-corrected chi connectivity index (χ3v) is 7.49. The lowest BCUT2D eigenvalue weighted by Crippen LogP contribution is -2.56. The molecule has 3 rings (SSSR count). The van der Waals surface area contributed by atoms with Crippen molar-refractivity contribution in [1.82, 2.24) is 20.9 Å². The minimum Gasteiger partial charge on any atom is -0.392 e. The zero-order valence-electron chi connectivity index (χ0n) is 24.3. The van der Waals surface area contributed by atoms with E-state index in [0.29, 0.717) is 19.5 Å². The molecule has 4 atom stereocenters. The molecule has 0 spiro atoms. The Hall–Kier alpha value is -3.01. The van der Waals surface area contributed by atoms with Gasteiger partial charge in [-0.2, -0.15) is 0 Å². The lowest BCUT2D eigenvalue weighted by molar-refractivity contribution is -0.146. The largest absolute Gasteiger partial charge is 0.392 e. The molecule has 1 aliphatic rings. The van der Waals surface area contributed by atoms with Gasteiger partial charge in [-0.1, -0.05) is 69.7 Å². The van der Waals surface area contributed by atoms with E-state index in [1.54, 1.807) is 11.8 Å². The highest BCUT2D eigenvalue weighted by atomic mass is 16.3. The quantitative estimate of drug-likeness (QED) is 0.243. The summed E-state index contributed by atoms with van der Waals surface area (Å²) in [5.74, 6) is -0.771. The molecule has 1 unspecified atom stereocenters. The molecule has 0 aromatic heterocycles. The summed E-state index contributed by atoms with van der Waals surface area (Å²) in [6.07, 6.45) is 1.76. The number of rotatable bonds is 14. The molecule has 0 bridgehead atoms. The third kappa shape index (κ3) is 8.74. The normalized spacial score (nSPS) is 17.9. The second kappa shape index (κ2) is 14.6. The van der Waals surface area contributed by atoms with Gasteiger partial charge in [-0.25, -0.2) is 0 Å². The van der Waals surface area contributed by atoms with Crippen LogP contribution in [-0.4, -0.2) is 83.3 Å². The van der Waals surface area contributed by atoms with Crippen molar-refractivity contribution in [3.63, 3.8) is 0 Å². The van der Waals surface area contributed by atoms with Gasteiger partial charge in [-0.05, 0) is 42.5 Å². The van der Waals surface area contributed by atoms with Gasteiger partial charge in [0, 0.05) is 38.0 Å². The molecule has 3 amide bonds. The van der Waals surface area contributed by atoms with Crippen LogP contribution in [0.25, 0.3) is 10.8 Å². The van der Waals surface area contributed by atoms with Crippen LogP contribution in [-0.2, 0) is 20.8 Å². The molecule has 5 N–H and O–H groups in total. The minimum absolute atomic E-state index is 0.00498. The summed E-state index contributed by atoms with van der Waals surface area (Å²) in [6.45, 7) is 8.58. The summed E-state index contributed by atoms with van der Waals surface area (Å²) in [5.41, 5.74) is 0.332. The average molecular weight is 555 g/mol. The molecule has 1 fully saturated rings. The van der Waals surface area contributed by atoms with E-state index in [9.17, 15) is 24.6 Å². The predicted octanol–water partition coefficient (Wildman–Crippen LogP) is 2.13. The van der Waals surface area contributed by atoms with E-state index in [-0.39, 0.29) is 31.3 Å². The monoisotopic (exact) mass is 554 g/mol. The van der Waals surface area contributed by atoms with Gasteiger partial charge in [0.1, 0.15) is 12.1 Å². The Kier molecular flexibility index (Phi) is 11.5. The minimum atomic E-state index is -0.882. The maximum atomic E-state index is 13.5. The standard InChI is InChI=1S/C31H46N4O5/c1-5-14-31(3,4)30(40)35-15-8-11-27(35)29(39)34-26(28(38)33-20-25(37)19-32-18-21(2)36)17-22-12-13-23-9-6-7-10-24(23)16-22/h6-7,9-10,12-13,16,21,25-27,32,36-37H,5,8,11,14-15,17-20H2,1-4H3,(H,33,38)(H,34,39)/t21-,25?,26-,27+/m1/s1. The predicted molar refractivity (Wildman–Crippen MR) is 157 cm³/mol. The van der Waals surface area contributed by atoms with E-state index in [4.69, 9.17) is 0 Å². The van der Waals surface area contributed by atoms with Crippen molar-refractivity contribution >= 4 is 28.5 Å². The topological polar surface area (TPSA) is 131 Å². The van der Waals surface area contributed by atoms with Crippen LogP contribution in [0.1, 0.15) is 58.9 Å². The zero-order chi connectivity index (χ0) is 29.3. The second-order valence-corrected chi connectivity index (χ2v) is 11.6. The van der Waals surface area contributed by atoms with Crippen molar-refractivity contribution in [2.24, 2.45) is 5.41 Å². The third-order valence-electron chi connectivity index (χ3n) is 7.49. The van der Waals surface area contributed by atoms with Crippen LogP contribution in [0.2, 0.25) is 0 Å². The molecule has 40 heavy (non-hydrogen) atoms. The molecule has 1 saturated heterocycles. The fourth-order valence-corrected chi connectivity index (χ4v) is 5.35. The van der Waals surface area contributed by atoms with E-state index >= 15 is 0 Å². The van der Waals surface area contributed by atoms with E-state index in [0.717, 1.165) is 35.6 Å².